The van der Waals surface area contributed by atoms with E-state index in [1.807, 2.05) is 24.3 Å². The van der Waals surface area contributed by atoms with Crippen LogP contribution in [0, 0.1) is 0 Å². The topological polar surface area (TPSA) is 109 Å². The molecule has 6 aromatic carbocycles. The van der Waals surface area contributed by atoms with Crippen LogP contribution in [0.4, 0.5) is 0 Å². The van der Waals surface area contributed by atoms with Crippen LogP contribution >= 0.6 is 17.2 Å². The van der Waals surface area contributed by atoms with Gasteiger partial charge in [-0.2, -0.15) is 0 Å². The first kappa shape index (κ1) is 37.6. The van der Waals surface area contributed by atoms with Crippen LogP contribution < -0.4 is 46.1 Å². The number of rotatable bonds is 18. The fraction of sp³-hybridized carbons (Fsp3) is 0.0976. The van der Waals surface area contributed by atoms with Gasteiger partial charge in [-0.3, -0.25) is 4.79 Å². The number of benzene rings is 6. The number of methoxy groups -OCH3 is 4. The Morgan fingerprint density at radius 3 is 0.778 bits per heavy atom. The molecule has 0 radical (unpaired) electrons. The molecule has 13 heteroatoms. The van der Waals surface area contributed by atoms with E-state index < -0.39 is 23.0 Å². The average molecular weight is 767 g/mol. The molecule has 276 valence electrons. The van der Waals surface area contributed by atoms with Crippen LogP contribution in [0.5, 0.6) is 57.5 Å². The van der Waals surface area contributed by atoms with E-state index in [1.165, 1.54) is 28.4 Å². The van der Waals surface area contributed by atoms with Crippen LogP contribution in [0.3, 0.4) is 0 Å². The van der Waals surface area contributed by atoms with Crippen LogP contribution in [0.2, 0.25) is 0 Å². The molecule has 0 saturated carbocycles. The van der Waals surface area contributed by atoms with Crippen molar-refractivity contribution < 1.29 is 50.9 Å². The highest BCUT2D eigenvalue weighted by molar-refractivity contribution is 7.43. The summed E-state index contributed by atoms with van der Waals surface area (Å²) in [4.78, 5) is 14.5. The Morgan fingerprint density at radius 1 is 0.315 bits per heavy atom. The monoisotopic (exact) mass is 766 g/mol. The van der Waals surface area contributed by atoms with Gasteiger partial charge in [0.2, 0.25) is 5.78 Å². The molecule has 0 atom stereocenters. The molecule has 0 unspecified atom stereocenters. The highest BCUT2D eigenvalue weighted by Crippen LogP contribution is 2.49. The van der Waals surface area contributed by atoms with Crippen molar-refractivity contribution in [2.45, 2.75) is 0 Å². The second-order valence-electron chi connectivity index (χ2n) is 10.9. The molecular weight excluding hydrogens is 730 g/mol. The molecule has 0 fully saturated rings. The average Bonchev–Trinajstić information content (AvgIpc) is 3.21. The molecule has 11 nitrogen and oxygen atoms in total. The summed E-state index contributed by atoms with van der Waals surface area (Å²) in [6, 6.07) is 42.0. The maximum atomic E-state index is 14.5. The molecule has 0 bridgehead atoms. The first-order valence-electron chi connectivity index (χ1n) is 16.4. The molecule has 0 aliphatic carbocycles. The summed E-state index contributed by atoms with van der Waals surface area (Å²) in [7, 11) is 1.67. The molecule has 0 heterocycles. The second-order valence-corrected chi connectivity index (χ2v) is 12.9. The minimum Gasteiger partial charge on any atom is -0.493 e. The third kappa shape index (κ3) is 9.25. The van der Waals surface area contributed by atoms with Gasteiger partial charge in [-0.15, -0.1) is 0 Å². The predicted octanol–water partition coefficient (Wildman–Crippen LogP) is 10.5. The van der Waals surface area contributed by atoms with Crippen LogP contribution in [0.1, 0.15) is 15.9 Å². The van der Waals surface area contributed by atoms with Gasteiger partial charge in [-0.25, -0.2) is 0 Å². The van der Waals surface area contributed by atoms with E-state index in [2.05, 4.69) is 0 Å². The van der Waals surface area contributed by atoms with Crippen LogP contribution in [0.25, 0.3) is 0 Å². The molecule has 0 spiro atoms. The number of hydrogen-bond acceptors (Lipinski definition) is 11. The van der Waals surface area contributed by atoms with Gasteiger partial charge < -0.3 is 46.1 Å². The summed E-state index contributed by atoms with van der Waals surface area (Å²) < 4.78 is 59.9. The first-order chi connectivity index (χ1) is 26.5. The maximum absolute atomic E-state index is 14.5. The van der Waals surface area contributed by atoms with Crippen molar-refractivity contribution in [3.8, 4) is 57.5 Å². The largest absolute Gasteiger partial charge is 0.530 e. The summed E-state index contributed by atoms with van der Waals surface area (Å²) in [6.07, 6.45) is 0. The lowest BCUT2D eigenvalue weighted by Gasteiger charge is -2.22. The van der Waals surface area contributed by atoms with Gasteiger partial charge in [-0.1, -0.05) is 72.8 Å². The Morgan fingerprint density at radius 2 is 0.519 bits per heavy atom. The van der Waals surface area contributed by atoms with Crippen molar-refractivity contribution in [2.75, 3.05) is 28.4 Å². The molecule has 0 amide bonds. The number of hydrogen-bond donors (Lipinski definition) is 0. The fourth-order valence-electron chi connectivity index (χ4n) is 4.98. The Balaban J connectivity index is 1.33. The normalized spacial score (nSPS) is 10.6. The van der Waals surface area contributed by atoms with Gasteiger partial charge in [0, 0.05) is 0 Å². The van der Waals surface area contributed by atoms with E-state index in [9.17, 15) is 4.79 Å². The standard InChI is InChI=1S/C41H36O11P2/c1-43-33-21-9-13-25-37(33)49-53(50-38-26-14-10-22-34(38)44-2)47-31-19-7-5-17-29(31)41(42)30-18-6-8-20-32(30)48-54(51-39-27-15-11-23-35(39)45-3)52-40-28-16-12-24-36(40)46-4/h5-28H,1-4H3. The van der Waals surface area contributed by atoms with Crippen molar-refractivity contribution in [3.63, 3.8) is 0 Å². The summed E-state index contributed by atoms with van der Waals surface area (Å²) in [5, 5.41) is 0. The SMILES string of the molecule is COc1ccccc1OP(Oc1ccccc1OC)Oc1ccccc1C(=O)c1ccccc1OP(Oc1ccccc1OC)Oc1ccccc1OC. The van der Waals surface area contributed by atoms with Crippen molar-refractivity contribution >= 4 is 23.0 Å². The quantitative estimate of drug-likeness (QED) is 0.0616. The Labute approximate surface area is 315 Å². The first-order valence-corrected chi connectivity index (χ1v) is 18.6. The van der Waals surface area contributed by atoms with E-state index in [1.54, 1.807) is 121 Å². The van der Waals surface area contributed by atoms with E-state index in [4.69, 9.17) is 46.1 Å². The van der Waals surface area contributed by atoms with Crippen LogP contribution in [-0.4, -0.2) is 34.2 Å². The molecule has 0 saturated heterocycles. The summed E-state index contributed by atoms with van der Waals surface area (Å²) in [5.41, 5.74) is 0.433. The molecular formula is C41H36O11P2. The van der Waals surface area contributed by atoms with Gasteiger partial charge in [-0.05, 0) is 72.8 Å². The number of para-hydroxylation sites is 10. The van der Waals surface area contributed by atoms with Crippen molar-refractivity contribution in [1.29, 1.82) is 0 Å². The molecule has 0 N–H and O–H groups in total. The highest BCUT2D eigenvalue weighted by atomic mass is 31.2. The lowest BCUT2D eigenvalue weighted by atomic mass is 10.0. The van der Waals surface area contributed by atoms with Crippen molar-refractivity contribution in [2.24, 2.45) is 0 Å². The zero-order valence-corrected chi connectivity index (χ0v) is 31.5. The third-order valence-corrected chi connectivity index (χ3v) is 9.65. The zero-order chi connectivity index (χ0) is 37.7. The molecule has 0 aromatic heterocycles. The predicted molar refractivity (Wildman–Crippen MR) is 206 cm³/mol. The van der Waals surface area contributed by atoms with E-state index in [0.717, 1.165) is 0 Å². The van der Waals surface area contributed by atoms with Crippen molar-refractivity contribution in [1.82, 2.24) is 0 Å². The van der Waals surface area contributed by atoms with E-state index in [-0.39, 0.29) is 22.6 Å². The van der Waals surface area contributed by atoms with Gasteiger partial charge in [0.25, 0.3) is 0 Å². The van der Waals surface area contributed by atoms with Crippen LogP contribution in [0.15, 0.2) is 146 Å². The Hall–Kier alpha value is -6.15. The molecule has 0 aliphatic rings. The Kier molecular flexibility index (Phi) is 12.9. The van der Waals surface area contributed by atoms with E-state index >= 15 is 0 Å². The lowest BCUT2D eigenvalue weighted by Crippen LogP contribution is -2.10. The molecule has 6 aromatic rings. The minimum absolute atomic E-state index is 0.200. The van der Waals surface area contributed by atoms with Crippen molar-refractivity contribution in [3.05, 3.63) is 157 Å². The lowest BCUT2D eigenvalue weighted by molar-refractivity contribution is 0.103. The van der Waals surface area contributed by atoms with Gasteiger partial charge in [0.05, 0.1) is 39.6 Å². The highest BCUT2D eigenvalue weighted by Gasteiger charge is 2.29. The Bertz CT molecular complexity index is 1910. The summed E-state index contributed by atoms with van der Waals surface area (Å²) >= 11 is 0. The fourth-order valence-corrected chi connectivity index (χ4v) is 7.09. The number of ether oxygens (including phenoxy) is 4. The molecule has 54 heavy (non-hydrogen) atoms. The number of carbonyl (C=O) groups is 1. The smallest absolute Gasteiger partial charge is 0.493 e. The maximum Gasteiger partial charge on any atom is 0.530 e. The molecule has 6 rings (SSSR count). The van der Waals surface area contributed by atoms with Gasteiger partial charge in [0.15, 0.2) is 46.0 Å². The summed E-state index contributed by atoms with van der Waals surface area (Å²) in [5.74, 6) is 3.37. The number of ketones is 1. The number of carbonyl (C=O) groups excluding carboxylic acids is 1. The minimum atomic E-state index is -2.24. The zero-order valence-electron chi connectivity index (χ0n) is 29.7. The van der Waals surface area contributed by atoms with Gasteiger partial charge in [0.1, 0.15) is 11.5 Å². The molecule has 0 aliphatic heterocycles. The summed E-state index contributed by atoms with van der Waals surface area (Å²) in [6.45, 7) is 0. The van der Waals surface area contributed by atoms with Crippen LogP contribution in [-0.2, 0) is 0 Å². The second kappa shape index (κ2) is 18.6. The third-order valence-electron chi connectivity index (χ3n) is 7.58. The van der Waals surface area contributed by atoms with Gasteiger partial charge >= 0.3 is 17.2 Å². The van der Waals surface area contributed by atoms with E-state index in [0.29, 0.717) is 46.0 Å².